The summed E-state index contributed by atoms with van der Waals surface area (Å²) < 4.78 is 22.3. The summed E-state index contributed by atoms with van der Waals surface area (Å²) in [7, 11) is 3.37. The van der Waals surface area contributed by atoms with E-state index in [1.165, 1.54) is 14.2 Å². The highest BCUT2D eigenvalue weighted by atomic mass is 31.2. The van der Waals surface area contributed by atoms with Gasteiger partial charge in [0.25, 0.3) is 0 Å². The molecule has 0 radical (unpaired) electrons. The highest BCUT2D eigenvalue weighted by Gasteiger charge is 2.42. The van der Waals surface area contributed by atoms with Crippen molar-refractivity contribution in [1.82, 2.24) is 10.4 Å². The van der Waals surface area contributed by atoms with Crippen molar-refractivity contribution in [2.75, 3.05) is 28.3 Å². The topological polar surface area (TPSA) is 50.8 Å². The second-order valence-corrected chi connectivity index (χ2v) is 7.02. The number of nitrogens with zero attached hydrogens (tertiary/aromatic N) is 1. The number of nitrogens with one attached hydrogen (secondary N) is 1. The normalized spacial score (nSPS) is 15.7. The maximum Gasteiger partial charge on any atom is 0.348 e. The van der Waals surface area contributed by atoms with Crippen molar-refractivity contribution in [3.63, 3.8) is 0 Å². The zero-order valence-corrected chi connectivity index (χ0v) is 11.6. The Morgan fingerprint density at radius 1 is 1.20 bits per heavy atom. The van der Waals surface area contributed by atoms with Gasteiger partial charge in [0.15, 0.2) is 0 Å². The molecule has 0 saturated carbocycles. The van der Waals surface area contributed by atoms with Crippen LogP contribution in [0.4, 0.5) is 0 Å². The lowest BCUT2D eigenvalue weighted by atomic mass is 9.97. The second-order valence-electron chi connectivity index (χ2n) is 4.70. The van der Waals surface area contributed by atoms with E-state index < -0.39 is 7.60 Å². The molecule has 6 heteroatoms. The average molecular weight is 238 g/mol. The highest BCUT2D eigenvalue weighted by Crippen LogP contribution is 2.56. The van der Waals surface area contributed by atoms with Gasteiger partial charge in [-0.1, -0.05) is 20.8 Å². The van der Waals surface area contributed by atoms with E-state index in [4.69, 9.17) is 9.05 Å². The van der Waals surface area contributed by atoms with Crippen LogP contribution in [0, 0.1) is 5.41 Å². The first-order valence-electron chi connectivity index (χ1n) is 4.82. The van der Waals surface area contributed by atoms with E-state index in [0.717, 1.165) is 0 Å². The van der Waals surface area contributed by atoms with Crippen LogP contribution in [-0.2, 0) is 13.6 Å². The third-order valence-electron chi connectivity index (χ3n) is 2.03. The lowest BCUT2D eigenvalue weighted by molar-refractivity contribution is 0.160. The average Bonchev–Trinajstić information content (AvgIpc) is 2.11. The van der Waals surface area contributed by atoms with Crippen molar-refractivity contribution < 1.29 is 13.6 Å². The van der Waals surface area contributed by atoms with Gasteiger partial charge in [0.2, 0.25) is 0 Å². The molecule has 1 atom stereocenters. The molecule has 0 aliphatic rings. The van der Waals surface area contributed by atoms with Gasteiger partial charge >= 0.3 is 7.60 Å². The van der Waals surface area contributed by atoms with Crippen LogP contribution in [0.3, 0.4) is 0 Å². The van der Waals surface area contributed by atoms with E-state index in [0.29, 0.717) is 0 Å². The summed E-state index contributed by atoms with van der Waals surface area (Å²) in [4.78, 5) is 0. The molecule has 0 spiro atoms. The Morgan fingerprint density at radius 2 is 1.60 bits per heavy atom. The first-order chi connectivity index (χ1) is 6.67. The molecule has 1 unspecified atom stereocenters. The molecule has 15 heavy (non-hydrogen) atoms. The van der Waals surface area contributed by atoms with Crippen molar-refractivity contribution >= 4 is 7.60 Å². The van der Waals surface area contributed by atoms with Gasteiger partial charge in [-0.2, -0.15) is 0 Å². The first kappa shape index (κ1) is 15.1. The van der Waals surface area contributed by atoms with Gasteiger partial charge in [-0.3, -0.25) is 4.57 Å². The Labute approximate surface area is 92.6 Å². The Bertz CT molecular complexity index is 230. The van der Waals surface area contributed by atoms with Gasteiger partial charge in [-0.15, -0.1) is 0 Å². The lowest BCUT2D eigenvalue weighted by Crippen LogP contribution is -2.47. The fourth-order valence-corrected chi connectivity index (χ4v) is 3.16. The number of hydrogen-bond acceptors (Lipinski definition) is 5. The molecular formula is C9H23N2O3P. The minimum absolute atomic E-state index is 0.230. The van der Waals surface area contributed by atoms with Gasteiger partial charge in [0, 0.05) is 28.3 Å². The van der Waals surface area contributed by atoms with Crippen LogP contribution in [0.25, 0.3) is 0 Å². The smallest absolute Gasteiger partial charge is 0.311 e. The van der Waals surface area contributed by atoms with Crippen molar-refractivity contribution in [3.05, 3.63) is 0 Å². The molecule has 0 fully saturated rings. The number of hydrazine groups is 1. The van der Waals surface area contributed by atoms with Crippen LogP contribution < -0.4 is 5.43 Å². The van der Waals surface area contributed by atoms with Gasteiger partial charge in [-0.05, 0) is 5.41 Å². The van der Waals surface area contributed by atoms with Crippen molar-refractivity contribution in [2.45, 2.75) is 26.6 Å². The Hall–Kier alpha value is 0.0700. The van der Waals surface area contributed by atoms with E-state index in [9.17, 15) is 4.57 Å². The Kier molecular flexibility index (Phi) is 5.44. The zero-order valence-electron chi connectivity index (χ0n) is 10.7. The summed E-state index contributed by atoms with van der Waals surface area (Å²) in [5.74, 6) is -0.380. The quantitative estimate of drug-likeness (QED) is 0.585. The standard InChI is InChI=1S/C9H23N2O3P/c1-9(2,3)8(10-11(4)5)15(12,13-6)14-7/h8,10H,1-7H3. The summed E-state index contributed by atoms with van der Waals surface area (Å²) in [6.45, 7) is 5.95. The molecule has 1 N–H and O–H groups in total. The highest BCUT2D eigenvalue weighted by molar-refractivity contribution is 7.54. The summed E-state index contributed by atoms with van der Waals surface area (Å²) in [5.41, 5.74) is 2.85. The molecule has 0 bridgehead atoms. The van der Waals surface area contributed by atoms with Crippen LogP contribution in [0.5, 0.6) is 0 Å². The minimum atomic E-state index is -3.12. The van der Waals surface area contributed by atoms with Crippen LogP contribution in [0.15, 0.2) is 0 Å². The maximum absolute atomic E-state index is 12.3. The monoisotopic (exact) mass is 238 g/mol. The molecule has 0 heterocycles. The van der Waals surface area contributed by atoms with Crippen LogP contribution >= 0.6 is 7.60 Å². The molecular weight excluding hydrogens is 215 g/mol. The zero-order chi connectivity index (χ0) is 12.3. The van der Waals surface area contributed by atoms with Crippen molar-refractivity contribution in [2.24, 2.45) is 5.41 Å². The maximum atomic E-state index is 12.3. The first-order valence-corrected chi connectivity index (χ1v) is 6.43. The molecule has 0 amide bonds. The molecule has 0 aromatic heterocycles. The second kappa shape index (κ2) is 5.41. The van der Waals surface area contributed by atoms with Crippen molar-refractivity contribution in [3.8, 4) is 0 Å². The largest absolute Gasteiger partial charge is 0.348 e. The van der Waals surface area contributed by atoms with E-state index >= 15 is 0 Å². The minimum Gasteiger partial charge on any atom is -0.311 e. The third kappa shape index (κ3) is 4.21. The molecule has 0 aromatic rings. The van der Waals surface area contributed by atoms with Crippen LogP contribution in [0.2, 0.25) is 0 Å². The van der Waals surface area contributed by atoms with Gasteiger partial charge in [-0.25, -0.2) is 10.4 Å². The molecule has 0 aromatic carbocycles. The summed E-state index contributed by atoms with van der Waals surface area (Å²) >= 11 is 0. The van der Waals surface area contributed by atoms with Gasteiger partial charge in [0.1, 0.15) is 5.78 Å². The van der Waals surface area contributed by atoms with Gasteiger partial charge in [0.05, 0.1) is 0 Å². The molecule has 0 aliphatic carbocycles. The molecule has 5 nitrogen and oxygen atoms in total. The van der Waals surface area contributed by atoms with E-state index in [1.807, 2.05) is 34.9 Å². The molecule has 0 rings (SSSR count). The Balaban J connectivity index is 5.01. The SMILES string of the molecule is COP(=O)(OC)C(NN(C)C)C(C)(C)C. The molecule has 0 aliphatic heterocycles. The van der Waals surface area contributed by atoms with E-state index in [-0.39, 0.29) is 11.2 Å². The predicted molar refractivity (Wildman–Crippen MR) is 61.7 cm³/mol. The van der Waals surface area contributed by atoms with Gasteiger partial charge < -0.3 is 9.05 Å². The van der Waals surface area contributed by atoms with E-state index in [2.05, 4.69) is 5.43 Å². The van der Waals surface area contributed by atoms with Crippen LogP contribution in [0.1, 0.15) is 20.8 Å². The Morgan fingerprint density at radius 3 is 1.80 bits per heavy atom. The number of hydrogen-bond donors (Lipinski definition) is 1. The summed E-state index contributed by atoms with van der Waals surface area (Å²) in [6, 6.07) is 0. The molecule has 0 saturated heterocycles. The lowest BCUT2D eigenvalue weighted by Gasteiger charge is -2.36. The third-order valence-corrected chi connectivity index (χ3v) is 4.57. The summed E-state index contributed by atoms with van der Waals surface area (Å²) in [5, 5.41) is 1.75. The van der Waals surface area contributed by atoms with E-state index in [1.54, 1.807) is 5.01 Å². The fraction of sp³-hybridized carbons (Fsp3) is 1.00. The predicted octanol–water partition coefficient (Wildman–Crippen LogP) is 1.91. The number of rotatable bonds is 5. The fourth-order valence-electron chi connectivity index (χ4n) is 1.27. The van der Waals surface area contributed by atoms with Crippen LogP contribution in [-0.4, -0.2) is 39.1 Å². The molecule has 92 valence electrons. The summed E-state index contributed by atoms with van der Waals surface area (Å²) in [6.07, 6.45) is 0. The van der Waals surface area contributed by atoms with Crippen molar-refractivity contribution in [1.29, 1.82) is 0 Å².